The summed E-state index contributed by atoms with van der Waals surface area (Å²) < 4.78 is 5.21. The van der Waals surface area contributed by atoms with E-state index in [1.807, 2.05) is 69.6 Å². The zero-order valence-corrected chi connectivity index (χ0v) is 16.7. The van der Waals surface area contributed by atoms with Crippen molar-refractivity contribution in [3.05, 3.63) is 59.9 Å². The zero-order valence-electron chi connectivity index (χ0n) is 16.7. The van der Waals surface area contributed by atoms with Crippen LogP contribution in [0.2, 0.25) is 0 Å². The van der Waals surface area contributed by atoms with Crippen molar-refractivity contribution in [1.82, 2.24) is 25.5 Å². The highest BCUT2D eigenvalue weighted by Crippen LogP contribution is 2.21. The fraction of sp³-hybridized carbons (Fsp3) is 0.333. The summed E-state index contributed by atoms with van der Waals surface area (Å²) in [5, 5.41) is 5.90. The molecular weight excluding hydrogens is 354 g/mol. The van der Waals surface area contributed by atoms with Gasteiger partial charge in [0.25, 0.3) is 0 Å². The summed E-state index contributed by atoms with van der Waals surface area (Å²) in [4.78, 5) is 22.3. The highest BCUT2D eigenvalue weighted by atomic mass is 16.5. The molecular formula is C21H27N5O2. The van der Waals surface area contributed by atoms with Crippen LogP contribution in [0.1, 0.15) is 30.4 Å². The fourth-order valence-corrected chi connectivity index (χ4v) is 3.11. The first-order valence-electron chi connectivity index (χ1n) is 9.27. The van der Waals surface area contributed by atoms with E-state index in [-0.39, 0.29) is 18.1 Å². The number of imidazole rings is 1. The number of ether oxygens (including phenoxy) is 1. The molecule has 3 rings (SSSR count). The largest absolute Gasteiger partial charge is 0.497 e. The molecule has 1 heterocycles. The molecule has 0 aliphatic heterocycles. The van der Waals surface area contributed by atoms with Gasteiger partial charge in [0.1, 0.15) is 11.6 Å². The number of amides is 2. The number of rotatable bonds is 7. The number of likely N-dealkylation sites (N-methyl/N-ethyl adjacent to an activating group) is 1. The molecule has 7 nitrogen and oxygen atoms in total. The summed E-state index contributed by atoms with van der Waals surface area (Å²) in [6.45, 7) is 2.39. The van der Waals surface area contributed by atoms with E-state index < -0.39 is 0 Å². The number of aromatic nitrogens is 2. The molecule has 148 valence electrons. The third-order valence-electron chi connectivity index (χ3n) is 4.75. The van der Waals surface area contributed by atoms with Gasteiger partial charge in [-0.1, -0.05) is 24.3 Å². The van der Waals surface area contributed by atoms with Gasteiger partial charge in [-0.15, -0.1) is 0 Å². The minimum atomic E-state index is -0.230. The Labute approximate surface area is 165 Å². The van der Waals surface area contributed by atoms with Gasteiger partial charge in [-0.25, -0.2) is 9.78 Å². The van der Waals surface area contributed by atoms with Crippen LogP contribution in [0.25, 0.3) is 11.0 Å². The van der Waals surface area contributed by atoms with Crippen LogP contribution in [-0.4, -0.2) is 48.6 Å². The first-order valence-corrected chi connectivity index (χ1v) is 9.27. The molecule has 0 saturated heterocycles. The van der Waals surface area contributed by atoms with Gasteiger partial charge in [-0.2, -0.15) is 0 Å². The molecule has 28 heavy (non-hydrogen) atoms. The number of fused-ring (bicyclic) bond motifs is 1. The first kappa shape index (κ1) is 19.7. The van der Waals surface area contributed by atoms with Crippen LogP contribution in [0.4, 0.5) is 4.79 Å². The number of benzene rings is 2. The third-order valence-corrected chi connectivity index (χ3v) is 4.75. The molecule has 2 aromatic carbocycles. The van der Waals surface area contributed by atoms with E-state index >= 15 is 0 Å². The molecule has 0 saturated carbocycles. The van der Waals surface area contributed by atoms with E-state index in [1.54, 1.807) is 7.11 Å². The van der Waals surface area contributed by atoms with Gasteiger partial charge < -0.3 is 25.3 Å². The number of H-pyrrole nitrogens is 1. The van der Waals surface area contributed by atoms with Crippen molar-refractivity contribution in [3.8, 4) is 5.75 Å². The predicted octanol–water partition coefficient (Wildman–Crippen LogP) is 3.23. The average molecular weight is 381 g/mol. The number of carbonyl (C=O) groups is 1. The van der Waals surface area contributed by atoms with Crippen LogP contribution < -0.4 is 15.4 Å². The van der Waals surface area contributed by atoms with Crippen molar-refractivity contribution < 1.29 is 9.53 Å². The van der Waals surface area contributed by atoms with Crippen molar-refractivity contribution in [3.63, 3.8) is 0 Å². The number of aromatic amines is 1. The highest BCUT2D eigenvalue weighted by Gasteiger charge is 2.17. The second-order valence-electron chi connectivity index (χ2n) is 6.97. The number of nitrogens with one attached hydrogen (secondary N) is 3. The minimum Gasteiger partial charge on any atom is -0.497 e. The number of carbonyl (C=O) groups excluding carboxylic acids is 1. The lowest BCUT2D eigenvalue weighted by Crippen LogP contribution is -2.41. The molecule has 0 radical (unpaired) electrons. The normalized spacial score (nSPS) is 13.3. The molecule has 0 aliphatic carbocycles. The Balaban J connectivity index is 1.59. The van der Waals surface area contributed by atoms with Gasteiger partial charge in [0.15, 0.2) is 0 Å². The van der Waals surface area contributed by atoms with Gasteiger partial charge in [0, 0.05) is 6.54 Å². The summed E-state index contributed by atoms with van der Waals surface area (Å²) in [6, 6.07) is 15.3. The molecule has 0 aliphatic rings. The van der Waals surface area contributed by atoms with Crippen LogP contribution in [-0.2, 0) is 0 Å². The van der Waals surface area contributed by atoms with Crippen LogP contribution in [0.15, 0.2) is 48.5 Å². The molecule has 0 bridgehead atoms. The maximum atomic E-state index is 12.4. The lowest BCUT2D eigenvalue weighted by Gasteiger charge is -2.25. The Morgan fingerprint density at radius 2 is 1.89 bits per heavy atom. The standard InChI is InChI=1S/C21H27N5O2/c1-14(20-24-17-7-5-6-8-18(17)25-20)23-21(27)22-13-19(26(2)3)15-9-11-16(28-4)12-10-15/h5-12,14,19H,13H2,1-4H3,(H,24,25)(H2,22,23,27). The Kier molecular flexibility index (Phi) is 6.16. The number of urea groups is 1. The van der Waals surface area contributed by atoms with Crippen molar-refractivity contribution in [2.75, 3.05) is 27.7 Å². The van der Waals surface area contributed by atoms with Crippen LogP contribution >= 0.6 is 0 Å². The first-order chi connectivity index (χ1) is 13.5. The minimum absolute atomic E-state index is 0.0539. The van der Waals surface area contributed by atoms with E-state index in [9.17, 15) is 4.79 Å². The van der Waals surface area contributed by atoms with Gasteiger partial charge in [0.2, 0.25) is 0 Å². The lowest BCUT2D eigenvalue weighted by atomic mass is 10.1. The zero-order chi connectivity index (χ0) is 20.1. The number of methoxy groups -OCH3 is 1. The predicted molar refractivity (Wildman–Crippen MR) is 110 cm³/mol. The third kappa shape index (κ3) is 4.61. The average Bonchev–Trinajstić information content (AvgIpc) is 3.13. The molecule has 0 fully saturated rings. The topological polar surface area (TPSA) is 82.3 Å². The second-order valence-corrected chi connectivity index (χ2v) is 6.97. The number of nitrogens with zero attached hydrogens (tertiary/aromatic N) is 2. The molecule has 3 aromatic rings. The van der Waals surface area contributed by atoms with E-state index in [0.717, 1.165) is 28.2 Å². The van der Waals surface area contributed by atoms with Crippen molar-refractivity contribution in [1.29, 1.82) is 0 Å². The summed E-state index contributed by atoms with van der Waals surface area (Å²) in [7, 11) is 5.63. The summed E-state index contributed by atoms with van der Waals surface area (Å²) in [5.74, 6) is 1.54. The lowest BCUT2D eigenvalue weighted by molar-refractivity contribution is 0.229. The van der Waals surface area contributed by atoms with Crippen molar-refractivity contribution in [2.45, 2.75) is 19.0 Å². The van der Waals surface area contributed by atoms with Gasteiger partial charge in [-0.3, -0.25) is 0 Å². The van der Waals surface area contributed by atoms with Gasteiger partial charge >= 0.3 is 6.03 Å². The maximum absolute atomic E-state index is 12.4. The Hall–Kier alpha value is -3.06. The smallest absolute Gasteiger partial charge is 0.315 e. The molecule has 2 amide bonds. The van der Waals surface area contributed by atoms with Gasteiger partial charge in [0.05, 0.1) is 30.2 Å². The van der Waals surface area contributed by atoms with E-state index in [2.05, 4.69) is 25.5 Å². The number of hydrogen-bond acceptors (Lipinski definition) is 4. The molecule has 7 heteroatoms. The van der Waals surface area contributed by atoms with Crippen LogP contribution in [0.5, 0.6) is 5.75 Å². The van der Waals surface area contributed by atoms with Crippen LogP contribution in [0, 0.1) is 0 Å². The van der Waals surface area contributed by atoms with E-state index in [4.69, 9.17) is 4.74 Å². The second kappa shape index (κ2) is 8.75. The molecule has 0 spiro atoms. The number of para-hydroxylation sites is 2. The van der Waals surface area contributed by atoms with E-state index in [1.165, 1.54) is 0 Å². The maximum Gasteiger partial charge on any atom is 0.315 e. The fourth-order valence-electron chi connectivity index (χ4n) is 3.11. The monoisotopic (exact) mass is 381 g/mol. The number of hydrogen-bond donors (Lipinski definition) is 3. The van der Waals surface area contributed by atoms with Crippen molar-refractivity contribution in [2.24, 2.45) is 0 Å². The summed E-state index contributed by atoms with van der Waals surface area (Å²) in [5.41, 5.74) is 2.95. The Morgan fingerprint density at radius 3 is 2.54 bits per heavy atom. The highest BCUT2D eigenvalue weighted by molar-refractivity contribution is 5.76. The molecule has 2 unspecified atom stereocenters. The summed E-state index contributed by atoms with van der Waals surface area (Å²) >= 11 is 0. The SMILES string of the molecule is COc1ccc(C(CNC(=O)NC(C)c2nc3ccccc3[nH]2)N(C)C)cc1. The Morgan fingerprint density at radius 1 is 1.18 bits per heavy atom. The molecule has 3 N–H and O–H groups in total. The summed E-state index contributed by atoms with van der Waals surface area (Å²) in [6.07, 6.45) is 0. The molecule has 2 atom stereocenters. The van der Waals surface area contributed by atoms with Crippen LogP contribution in [0.3, 0.4) is 0 Å². The van der Waals surface area contributed by atoms with Gasteiger partial charge in [-0.05, 0) is 50.8 Å². The molecule has 1 aromatic heterocycles. The van der Waals surface area contributed by atoms with Crippen molar-refractivity contribution >= 4 is 17.1 Å². The quantitative estimate of drug-likeness (QED) is 0.587. The van der Waals surface area contributed by atoms with E-state index in [0.29, 0.717) is 6.54 Å². The Bertz CT molecular complexity index is 887.